The highest BCUT2D eigenvalue weighted by atomic mass is 32.2. The van der Waals surface area contributed by atoms with Gasteiger partial charge in [-0.15, -0.1) is 0 Å². The van der Waals surface area contributed by atoms with Gasteiger partial charge in [0, 0.05) is 13.2 Å². The number of sulfone groups is 1. The molecule has 1 aromatic rings. The minimum absolute atomic E-state index is 0.00140. The summed E-state index contributed by atoms with van der Waals surface area (Å²) in [7, 11) is -2.09. The molecule has 26 heavy (non-hydrogen) atoms. The predicted octanol–water partition coefficient (Wildman–Crippen LogP) is 1.99. The maximum Gasteiger partial charge on any atom is 0.247 e. The summed E-state index contributed by atoms with van der Waals surface area (Å²) in [4.78, 5) is 12.6. The highest BCUT2D eigenvalue weighted by Gasteiger charge is 2.47. The second-order valence-electron chi connectivity index (χ2n) is 7.78. The Morgan fingerprint density at radius 3 is 2.31 bits per heavy atom. The van der Waals surface area contributed by atoms with Gasteiger partial charge in [0.25, 0.3) is 0 Å². The third-order valence-electron chi connectivity index (χ3n) is 5.03. The number of nitrogens with one attached hydrogen (secondary N) is 1. The van der Waals surface area contributed by atoms with Gasteiger partial charge in [0.2, 0.25) is 11.8 Å². The van der Waals surface area contributed by atoms with Crippen LogP contribution in [0.1, 0.15) is 59.1 Å². The molecule has 0 saturated heterocycles. The highest BCUT2D eigenvalue weighted by Crippen LogP contribution is 2.33. The van der Waals surface area contributed by atoms with Gasteiger partial charge < -0.3 is 14.4 Å². The maximum atomic E-state index is 13.0. The number of aromatic nitrogens is 1. The average Bonchev–Trinajstić information content (AvgIpc) is 3.03. The summed E-state index contributed by atoms with van der Waals surface area (Å²) in [5.74, 6) is -0.691. The van der Waals surface area contributed by atoms with E-state index in [1.165, 1.54) is 33.8 Å². The van der Waals surface area contributed by atoms with E-state index in [0.717, 1.165) is 0 Å². The van der Waals surface area contributed by atoms with Crippen LogP contribution in [0.25, 0.3) is 0 Å². The Bertz CT molecular complexity index is 740. The van der Waals surface area contributed by atoms with Crippen LogP contribution < -0.4 is 5.32 Å². The second kappa shape index (κ2) is 7.28. The number of nitrogens with zero attached hydrogens (tertiary/aromatic N) is 1. The maximum absolute atomic E-state index is 13.0. The number of aliphatic hydroxyl groups is 1. The van der Waals surface area contributed by atoms with E-state index in [9.17, 15) is 18.3 Å². The molecule has 0 radical (unpaired) electrons. The van der Waals surface area contributed by atoms with E-state index in [4.69, 9.17) is 9.26 Å². The van der Waals surface area contributed by atoms with Crippen LogP contribution in [0.5, 0.6) is 0 Å². The molecule has 0 spiro atoms. The van der Waals surface area contributed by atoms with Crippen molar-refractivity contribution in [1.82, 2.24) is 5.16 Å². The molecule has 2 rings (SSSR count). The smallest absolute Gasteiger partial charge is 0.247 e. The van der Waals surface area contributed by atoms with Gasteiger partial charge in [-0.2, -0.15) is 0 Å². The van der Waals surface area contributed by atoms with Gasteiger partial charge in [0.05, 0.1) is 11.4 Å². The van der Waals surface area contributed by atoms with E-state index in [1.807, 2.05) is 0 Å². The standard InChI is InChI=1S/C17H28N2O6S/c1-16(2,21)13-10-14(25-19-13)18-15(20)17(3,4)26(22,23)12-8-6-11(24-5)7-9-12/h10-12,21H,6-9H2,1-5H3,(H,18,20). The number of rotatable bonds is 6. The predicted molar refractivity (Wildman–Crippen MR) is 96.4 cm³/mol. The lowest BCUT2D eigenvalue weighted by Crippen LogP contribution is -2.49. The third-order valence-corrected chi connectivity index (χ3v) is 7.98. The van der Waals surface area contributed by atoms with Gasteiger partial charge in [-0.05, 0) is 53.4 Å². The number of carbonyl (C=O) groups excluding carboxylic acids is 1. The zero-order chi connectivity index (χ0) is 19.8. The Labute approximate surface area is 154 Å². The van der Waals surface area contributed by atoms with E-state index >= 15 is 0 Å². The van der Waals surface area contributed by atoms with Crippen molar-refractivity contribution in [1.29, 1.82) is 0 Å². The Balaban J connectivity index is 2.12. The molecule has 1 amide bonds. The molecule has 1 heterocycles. The molecule has 8 nitrogen and oxygen atoms in total. The zero-order valence-corrected chi connectivity index (χ0v) is 16.7. The molecule has 0 unspecified atom stereocenters. The van der Waals surface area contributed by atoms with E-state index in [0.29, 0.717) is 25.7 Å². The number of ether oxygens (including phenoxy) is 1. The van der Waals surface area contributed by atoms with Crippen LogP contribution in [0.4, 0.5) is 5.88 Å². The van der Waals surface area contributed by atoms with Crippen molar-refractivity contribution < 1.29 is 27.6 Å². The number of anilines is 1. The van der Waals surface area contributed by atoms with Crippen molar-refractivity contribution >= 4 is 21.6 Å². The molecule has 1 aliphatic rings. The Hall–Kier alpha value is -1.45. The van der Waals surface area contributed by atoms with E-state index in [2.05, 4.69) is 10.5 Å². The molecule has 0 aliphatic heterocycles. The first-order chi connectivity index (χ1) is 11.9. The molecule has 1 saturated carbocycles. The molecular weight excluding hydrogens is 360 g/mol. The molecule has 148 valence electrons. The molecule has 0 atom stereocenters. The zero-order valence-electron chi connectivity index (χ0n) is 15.9. The number of hydrogen-bond acceptors (Lipinski definition) is 7. The number of amides is 1. The van der Waals surface area contributed by atoms with Crippen LogP contribution in [0.15, 0.2) is 10.6 Å². The molecule has 9 heteroatoms. The largest absolute Gasteiger partial charge is 0.384 e. The van der Waals surface area contributed by atoms with Gasteiger partial charge in [-0.1, -0.05) is 5.16 Å². The molecular formula is C17H28N2O6S. The molecule has 2 N–H and O–H groups in total. The first kappa shape index (κ1) is 20.9. The lowest BCUT2D eigenvalue weighted by molar-refractivity contribution is -0.118. The first-order valence-electron chi connectivity index (χ1n) is 8.67. The van der Waals surface area contributed by atoms with Crippen molar-refractivity contribution in [2.24, 2.45) is 0 Å². The van der Waals surface area contributed by atoms with Crippen LogP contribution >= 0.6 is 0 Å². The summed E-state index contributed by atoms with van der Waals surface area (Å²) in [6.45, 7) is 5.85. The average molecular weight is 388 g/mol. The SMILES string of the molecule is COC1CCC(S(=O)(=O)C(C)(C)C(=O)Nc2cc(C(C)(C)O)no2)CC1. The van der Waals surface area contributed by atoms with E-state index < -0.39 is 31.3 Å². The molecule has 1 aliphatic carbocycles. The lowest BCUT2D eigenvalue weighted by atomic mass is 9.97. The first-order valence-corrected chi connectivity index (χ1v) is 10.2. The van der Waals surface area contributed by atoms with E-state index in [1.54, 1.807) is 7.11 Å². The van der Waals surface area contributed by atoms with Gasteiger partial charge in [0.15, 0.2) is 9.84 Å². The van der Waals surface area contributed by atoms with Crippen molar-refractivity contribution in [3.8, 4) is 0 Å². The van der Waals surface area contributed by atoms with Crippen LogP contribution in [0.3, 0.4) is 0 Å². The fourth-order valence-corrected chi connectivity index (χ4v) is 5.04. The van der Waals surface area contributed by atoms with Crippen molar-refractivity contribution in [3.05, 3.63) is 11.8 Å². The molecule has 1 aromatic heterocycles. The summed E-state index contributed by atoms with van der Waals surface area (Å²) in [6, 6.07) is 1.38. The summed E-state index contributed by atoms with van der Waals surface area (Å²) >= 11 is 0. The Kier molecular flexibility index (Phi) is 5.84. The summed E-state index contributed by atoms with van der Waals surface area (Å²) < 4.78 is 34.7. The monoisotopic (exact) mass is 388 g/mol. The fraction of sp³-hybridized carbons (Fsp3) is 0.765. The van der Waals surface area contributed by atoms with Crippen LogP contribution in [-0.2, 0) is 25.0 Å². The lowest BCUT2D eigenvalue weighted by Gasteiger charge is -2.33. The Morgan fingerprint density at radius 2 is 1.85 bits per heavy atom. The van der Waals surface area contributed by atoms with Crippen molar-refractivity contribution in [3.63, 3.8) is 0 Å². The van der Waals surface area contributed by atoms with Crippen LogP contribution in [-0.4, -0.2) is 47.8 Å². The topological polar surface area (TPSA) is 119 Å². The van der Waals surface area contributed by atoms with Gasteiger partial charge in [0.1, 0.15) is 16.0 Å². The van der Waals surface area contributed by atoms with E-state index in [-0.39, 0.29) is 17.7 Å². The molecule has 1 fully saturated rings. The van der Waals surface area contributed by atoms with Crippen molar-refractivity contribution in [2.45, 2.75) is 75.1 Å². The minimum atomic E-state index is -3.71. The van der Waals surface area contributed by atoms with Gasteiger partial charge in [-0.25, -0.2) is 8.42 Å². The quantitative estimate of drug-likeness (QED) is 0.765. The molecule has 0 bridgehead atoms. The normalized spacial score (nSPS) is 22.2. The van der Waals surface area contributed by atoms with Gasteiger partial charge in [-0.3, -0.25) is 10.1 Å². The minimum Gasteiger partial charge on any atom is -0.384 e. The summed E-state index contributed by atoms with van der Waals surface area (Å²) in [5, 5.41) is 15.5. The second-order valence-corrected chi connectivity index (χ2v) is 10.6. The van der Waals surface area contributed by atoms with Gasteiger partial charge >= 0.3 is 0 Å². The number of hydrogen-bond donors (Lipinski definition) is 2. The summed E-state index contributed by atoms with van der Waals surface area (Å²) in [5.41, 5.74) is -0.986. The van der Waals surface area contributed by atoms with Crippen LogP contribution in [0.2, 0.25) is 0 Å². The molecule has 0 aromatic carbocycles. The van der Waals surface area contributed by atoms with Crippen molar-refractivity contribution in [2.75, 3.05) is 12.4 Å². The third kappa shape index (κ3) is 4.10. The highest BCUT2D eigenvalue weighted by molar-refractivity contribution is 7.94. The van der Waals surface area contributed by atoms with Crippen LogP contribution in [0, 0.1) is 0 Å². The fourth-order valence-electron chi connectivity index (χ4n) is 3.01. The Morgan fingerprint density at radius 1 is 1.27 bits per heavy atom. The summed E-state index contributed by atoms with van der Waals surface area (Å²) in [6.07, 6.45) is 2.35. The number of methoxy groups -OCH3 is 1. The number of carbonyl (C=O) groups is 1.